The van der Waals surface area contributed by atoms with E-state index in [1.165, 1.54) is 16.2 Å². The van der Waals surface area contributed by atoms with E-state index in [1.54, 1.807) is 26.3 Å². The van der Waals surface area contributed by atoms with Gasteiger partial charge < -0.3 is 15.0 Å². The molecule has 0 radical (unpaired) electrons. The van der Waals surface area contributed by atoms with Crippen molar-refractivity contribution in [3.8, 4) is 0 Å². The van der Waals surface area contributed by atoms with Crippen LogP contribution in [0.2, 0.25) is 0 Å². The van der Waals surface area contributed by atoms with Crippen LogP contribution in [0.5, 0.6) is 0 Å². The van der Waals surface area contributed by atoms with Crippen molar-refractivity contribution in [3.63, 3.8) is 0 Å². The first-order valence-electron chi connectivity index (χ1n) is 6.31. The highest BCUT2D eigenvalue weighted by Gasteiger charge is 2.33. The number of methoxy groups -OCH3 is 1. The molecule has 8 heteroatoms. The van der Waals surface area contributed by atoms with Crippen molar-refractivity contribution in [2.24, 2.45) is 0 Å². The SMILES string of the molecule is COCCNCc1csc(N(CC(F)(F)F)C(C)C)n1. The van der Waals surface area contributed by atoms with Gasteiger partial charge in [-0.2, -0.15) is 13.2 Å². The molecule has 0 fully saturated rings. The molecular formula is C12H20F3N3OS. The molecule has 0 amide bonds. The quantitative estimate of drug-likeness (QED) is 0.749. The lowest BCUT2D eigenvalue weighted by Crippen LogP contribution is -2.39. The second-order valence-corrected chi connectivity index (χ2v) is 5.46. The minimum Gasteiger partial charge on any atom is -0.383 e. The third-order valence-electron chi connectivity index (χ3n) is 2.55. The van der Waals surface area contributed by atoms with E-state index >= 15 is 0 Å². The van der Waals surface area contributed by atoms with Gasteiger partial charge in [0.2, 0.25) is 0 Å². The molecule has 0 aliphatic carbocycles. The highest BCUT2D eigenvalue weighted by Crippen LogP contribution is 2.27. The number of alkyl halides is 3. The summed E-state index contributed by atoms with van der Waals surface area (Å²) in [7, 11) is 1.61. The van der Waals surface area contributed by atoms with Crippen molar-refractivity contribution in [1.29, 1.82) is 0 Å². The second-order valence-electron chi connectivity index (χ2n) is 4.63. The number of ether oxygens (including phenoxy) is 1. The molecule has 1 N–H and O–H groups in total. The largest absolute Gasteiger partial charge is 0.406 e. The molecule has 1 heterocycles. The maximum atomic E-state index is 12.6. The summed E-state index contributed by atoms with van der Waals surface area (Å²) in [6.07, 6.45) is -4.23. The summed E-state index contributed by atoms with van der Waals surface area (Å²) in [4.78, 5) is 5.52. The summed E-state index contributed by atoms with van der Waals surface area (Å²) in [5.74, 6) is 0. The molecule has 20 heavy (non-hydrogen) atoms. The Hall–Kier alpha value is -0.860. The molecule has 1 rings (SSSR count). The lowest BCUT2D eigenvalue weighted by atomic mass is 10.3. The lowest BCUT2D eigenvalue weighted by molar-refractivity contribution is -0.120. The van der Waals surface area contributed by atoms with Gasteiger partial charge in [-0.1, -0.05) is 0 Å². The number of anilines is 1. The number of aromatic nitrogens is 1. The summed E-state index contributed by atoms with van der Waals surface area (Å²) in [5, 5.41) is 5.29. The fourth-order valence-corrected chi connectivity index (χ4v) is 2.52. The van der Waals surface area contributed by atoms with E-state index in [0.29, 0.717) is 24.8 Å². The maximum absolute atomic E-state index is 12.6. The van der Waals surface area contributed by atoms with Gasteiger partial charge in [-0.25, -0.2) is 4.98 Å². The van der Waals surface area contributed by atoms with Crippen LogP contribution in [-0.2, 0) is 11.3 Å². The van der Waals surface area contributed by atoms with Gasteiger partial charge in [0, 0.05) is 31.6 Å². The maximum Gasteiger partial charge on any atom is 0.406 e. The fourth-order valence-electron chi connectivity index (χ4n) is 1.56. The van der Waals surface area contributed by atoms with Crippen LogP contribution < -0.4 is 10.2 Å². The summed E-state index contributed by atoms with van der Waals surface area (Å²) in [6, 6.07) is -0.253. The number of nitrogens with one attached hydrogen (secondary N) is 1. The average molecular weight is 311 g/mol. The number of rotatable bonds is 8. The Bertz CT molecular complexity index is 396. The first kappa shape index (κ1) is 17.2. The molecule has 0 atom stereocenters. The van der Waals surface area contributed by atoms with E-state index in [-0.39, 0.29) is 6.04 Å². The van der Waals surface area contributed by atoms with Gasteiger partial charge in [0.15, 0.2) is 5.13 Å². The topological polar surface area (TPSA) is 37.4 Å². The Labute approximate surface area is 120 Å². The van der Waals surface area contributed by atoms with Crippen molar-refractivity contribution in [2.75, 3.05) is 31.7 Å². The third kappa shape index (κ3) is 6.06. The monoisotopic (exact) mass is 311 g/mol. The predicted molar refractivity (Wildman–Crippen MR) is 74.2 cm³/mol. The fraction of sp³-hybridized carbons (Fsp3) is 0.750. The van der Waals surface area contributed by atoms with Crippen LogP contribution in [0.15, 0.2) is 5.38 Å². The molecule has 1 aromatic heterocycles. The number of nitrogens with zero attached hydrogens (tertiary/aromatic N) is 2. The van der Waals surface area contributed by atoms with E-state index < -0.39 is 12.7 Å². The molecule has 0 aromatic carbocycles. The van der Waals surface area contributed by atoms with Crippen molar-refractivity contribution in [1.82, 2.24) is 10.3 Å². The zero-order chi connectivity index (χ0) is 15.2. The van der Waals surface area contributed by atoms with Crippen LogP contribution >= 0.6 is 11.3 Å². The minimum atomic E-state index is -4.23. The van der Waals surface area contributed by atoms with Crippen molar-refractivity contribution >= 4 is 16.5 Å². The van der Waals surface area contributed by atoms with E-state index in [1.807, 2.05) is 0 Å². The van der Waals surface area contributed by atoms with Crippen LogP contribution in [0.1, 0.15) is 19.5 Å². The van der Waals surface area contributed by atoms with Gasteiger partial charge in [-0.3, -0.25) is 0 Å². The van der Waals surface area contributed by atoms with Gasteiger partial charge in [0.1, 0.15) is 6.54 Å². The number of hydrogen-bond acceptors (Lipinski definition) is 5. The summed E-state index contributed by atoms with van der Waals surface area (Å²) >= 11 is 1.23. The molecule has 0 spiro atoms. The molecule has 116 valence electrons. The molecule has 0 aliphatic heterocycles. The first-order chi connectivity index (χ1) is 9.33. The zero-order valence-corrected chi connectivity index (χ0v) is 12.6. The van der Waals surface area contributed by atoms with Crippen LogP contribution in [0.3, 0.4) is 0 Å². The van der Waals surface area contributed by atoms with E-state index in [2.05, 4.69) is 10.3 Å². The first-order valence-corrected chi connectivity index (χ1v) is 7.19. The van der Waals surface area contributed by atoms with Crippen molar-refractivity contribution in [3.05, 3.63) is 11.1 Å². The van der Waals surface area contributed by atoms with Crippen LogP contribution in [-0.4, -0.2) is 44.0 Å². The number of hydrogen-bond donors (Lipinski definition) is 1. The molecule has 1 aromatic rings. The van der Waals surface area contributed by atoms with E-state index in [4.69, 9.17) is 4.74 Å². The zero-order valence-electron chi connectivity index (χ0n) is 11.8. The number of thiazole rings is 1. The molecule has 4 nitrogen and oxygen atoms in total. The van der Waals surface area contributed by atoms with Crippen molar-refractivity contribution < 1.29 is 17.9 Å². The average Bonchev–Trinajstić information content (AvgIpc) is 2.79. The lowest BCUT2D eigenvalue weighted by Gasteiger charge is -2.27. The number of halogens is 3. The van der Waals surface area contributed by atoms with Gasteiger partial charge in [-0.15, -0.1) is 11.3 Å². The highest BCUT2D eigenvalue weighted by atomic mass is 32.1. The normalized spacial score (nSPS) is 12.2. The summed E-state index contributed by atoms with van der Waals surface area (Å²) < 4.78 is 42.6. The molecule has 0 saturated carbocycles. The molecular weight excluding hydrogens is 291 g/mol. The standard InChI is InChI=1S/C12H20F3N3OS/c1-9(2)18(8-12(13,14)15)11-17-10(7-20-11)6-16-4-5-19-3/h7,9,16H,4-6,8H2,1-3H3. The van der Waals surface area contributed by atoms with E-state index in [9.17, 15) is 13.2 Å². The van der Waals surface area contributed by atoms with Gasteiger partial charge in [-0.05, 0) is 13.8 Å². The molecule has 0 unspecified atom stereocenters. The minimum absolute atomic E-state index is 0.253. The molecule has 0 bridgehead atoms. The van der Waals surface area contributed by atoms with Gasteiger partial charge in [0.25, 0.3) is 0 Å². The van der Waals surface area contributed by atoms with Gasteiger partial charge in [0.05, 0.1) is 12.3 Å². The Kier molecular flexibility index (Phi) is 6.70. The Morgan fingerprint density at radius 1 is 1.45 bits per heavy atom. The predicted octanol–water partition coefficient (Wildman–Crippen LogP) is 2.66. The summed E-state index contributed by atoms with van der Waals surface area (Å²) in [5.41, 5.74) is 0.744. The summed E-state index contributed by atoms with van der Waals surface area (Å²) in [6.45, 7) is 4.27. The van der Waals surface area contributed by atoms with Crippen LogP contribution in [0.25, 0.3) is 0 Å². The molecule has 0 saturated heterocycles. The third-order valence-corrected chi connectivity index (χ3v) is 3.47. The Balaban J connectivity index is 2.62. The Morgan fingerprint density at radius 3 is 2.70 bits per heavy atom. The Morgan fingerprint density at radius 2 is 2.15 bits per heavy atom. The second kappa shape index (κ2) is 7.80. The van der Waals surface area contributed by atoms with Crippen molar-refractivity contribution in [2.45, 2.75) is 32.6 Å². The smallest absolute Gasteiger partial charge is 0.383 e. The van der Waals surface area contributed by atoms with Gasteiger partial charge >= 0.3 is 6.18 Å². The van der Waals surface area contributed by atoms with Crippen LogP contribution in [0.4, 0.5) is 18.3 Å². The van der Waals surface area contributed by atoms with Crippen LogP contribution in [0, 0.1) is 0 Å². The molecule has 0 aliphatic rings. The highest BCUT2D eigenvalue weighted by molar-refractivity contribution is 7.13. The van der Waals surface area contributed by atoms with E-state index in [0.717, 1.165) is 5.69 Å².